The van der Waals surface area contributed by atoms with Crippen molar-refractivity contribution in [1.29, 1.82) is 0 Å². The minimum atomic E-state index is 0.730. The summed E-state index contributed by atoms with van der Waals surface area (Å²) in [5.74, 6) is 9.56. The van der Waals surface area contributed by atoms with E-state index < -0.39 is 0 Å². The van der Waals surface area contributed by atoms with Gasteiger partial charge < -0.3 is 0 Å². The lowest BCUT2D eigenvalue weighted by Crippen LogP contribution is -2.06. The van der Waals surface area contributed by atoms with Gasteiger partial charge in [-0.05, 0) is 187 Å². The Morgan fingerprint density at radius 1 is 0.190 bits per heavy atom. The molecule has 0 spiro atoms. The van der Waals surface area contributed by atoms with Crippen LogP contribution >= 0.6 is 0 Å². The number of nitrogens with zero attached hydrogens (tertiary/aromatic N) is 18. The average Bonchev–Trinajstić information content (AvgIpc) is 1.79. The number of rotatable bonds is 62. The summed E-state index contributed by atoms with van der Waals surface area (Å²) in [6.07, 6.45) is 68.6. The highest BCUT2D eigenvalue weighted by molar-refractivity contribution is 4.98. The minimum absolute atomic E-state index is 0.730. The minimum Gasteiger partial charge on any atom is -0.252 e. The fourth-order valence-electron chi connectivity index (χ4n) is 13.7. The van der Waals surface area contributed by atoms with Gasteiger partial charge >= 0.3 is 0 Å². The maximum atomic E-state index is 4.25. The molecule has 18 nitrogen and oxygen atoms in total. The van der Waals surface area contributed by atoms with E-state index in [1.165, 1.54) is 267 Å². The van der Waals surface area contributed by atoms with Crippen molar-refractivity contribution in [2.24, 2.45) is 71.0 Å². The fourth-order valence-corrected chi connectivity index (χ4v) is 13.7. The average molecular weight is 1620 g/mol. The van der Waals surface area contributed by atoms with Crippen molar-refractivity contribution in [3.8, 4) is 0 Å². The smallest absolute Gasteiger partial charge is 0.0827 e. The molecule has 0 radical (unpaired) electrons. The highest BCUT2D eigenvalue weighted by Crippen LogP contribution is 2.20. The van der Waals surface area contributed by atoms with E-state index in [-0.39, 0.29) is 0 Å². The van der Waals surface area contributed by atoms with Crippen LogP contribution in [0.2, 0.25) is 0 Å². The van der Waals surface area contributed by atoms with Crippen LogP contribution in [-0.2, 0) is 77.8 Å². The Balaban J connectivity index is 0.000000696. The standard InChI is InChI=1S/2C17H33N3.4C16H31N3/c2*1-15(2)10-8-6-5-7-9-13-20-17(14-18-19-20)12-11-16(3)4;2*1-14(2)9-7-5-6-8-12-19-16(13-17-18-19)11-10-15(3)4;2*1-14(2)9-7-5-6-8-10-16-13-19(18-17-16)12-11-15(3)4/h2*14-16H,5-13H2,1-4H3;4*13-15H,5-12H2,1-4H3. The van der Waals surface area contributed by atoms with Crippen LogP contribution in [0.4, 0.5) is 0 Å². The van der Waals surface area contributed by atoms with E-state index in [4.69, 9.17) is 0 Å². The van der Waals surface area contributed by atoms with Gasteiger partial charge in [0.1, 0.15) is 0 Å². The van der Waals surface area contributed by atoms with Crippen molar-refractivity contribution in [2.75, 3.05) is 0 Å². The molecule has 0 aliphatic carbocycles. The molecule has 0 unspecified atom stereocenters. The normalized spacial score (nSPS) is 11.7. The summed E-state index contributed by atoms with van der Waals surface area (Å²) in [4.78, 5) is 0. The predicted molar refractivity (Wildman–Crippen MR) is 496 cm³/mol. The zero-order valence-electron chi connectivity index (χ0n) is 80.8. The van der Waals surface area contributed by atoms with E-state index in [0.29, 0.717) is 0 Å². The molecule has 0 bridgehead atoms. The molecule has 0 N–H and O–H groups in total. The molecule has 0 saturated carbocycles. The molecule has 0 aromatic carbocycles. The summed E-state index contributed by atoms with van der Waals surface area (Å²) in [7, 11) is 0. The lowest BCUT2D eigenvalue weighted by Gasteiger charge is -2.08. The highest BCUT2D eigenvalue weighted by Gasteiger charge is 2.12. The monoisotopic (exact) mass is 1620 g/mol. The van der Waals surface area contributed by atoms with E-state index in [1.807, 2.05) is 34.2 Å². The van der Waals surface area contributed by atoms with Gasteiger partial charge in [-0.15, -0.1) is 30.6 Å². The molecule has 0 saturated heterocycles. The quantitative estimate of drug-likeness (QED) is 0.0330. The van der Waals surface area contributed by atoms with E-state index >= 15 is 0 Å². The summed E-state index contributed by atoms with van der Waals surface area (Å²) < 4.78 is 12.4. The van der Waals surface area contributed by atoms with Crippen molar-refractivity contribution in [2.45, 2.75) is 488 Å². The van der Waals surface area contributed by atoms with Crippen LogP contribution in [0.25, 0.3) is 0 Å². The zero-order valence-corrected chi connectivity index (χ0v) is 80.8. The van der Waals surface area contributed by atoms with Crippen LogP contribution in [-0.4, -0.2) is 90.0 Å². The molecule has 0 amide bonds. The van der Waals surface area contributed by atoms with Crippen molar-refractivity contribution in [3.05, 3.63) is 71.3 Å². The van der Waals surface area contributed by atoms with Gasteiger partial charge in [0.05, 0.1) is 59.0 Å². The predicted octanol–water partition coefficient (Wildman–Crippen LogP) is 27.6. The number of hydrogen-bond acceptors (Lipinski definition) is 12. The van der Waals surface area contributed by atoms with Crippen LogP contribution in [0.3, 0.4) is 0 Å². The van der Waals surface area contributed by atoms with E-state index in [9.17, 15) is 0 Å². The first-order valence-corrected chi connectivity index (χ1v) is 48.8. The Kier molecular flexibility index (Phi) is 67.2. The summed E-state index contributed by atoms with van der Waals surface area (Å²) in [6, 6.07) is 0. The molecular weight excluding hydrogens is 1430 g/mol. The summed E-state index contributed by atoms with van der Waals surface area (Å²) in [6.45, 7) is 60.9. The van der Waals surface area contributed by atoms with Gasteiger partial charge in [0.15, 0.2) is 0 Å². The van der Waals surface area contributed by atoms with Gasteiger partial charge in [-0.25, -0.2) is 18.7 Å². The van der Waals surface area contributed by atoms with Gasteiger partial charge in [0.2, 0.25) is 0 Å². The molecule has 0 aliphatic rings. The Hall–Kier alpha value is -5.16. The van der Waals surface area contributed by atoms with E-state index in [2.05, 4.69) is 259 Å². The first-order valence-electron chi connectivity index (χ1n) is 48.8. The first kappa shape index (κ1) is 109. The number of aromatic nitrogens is 18. The third-order valence-corrected chi connectivity index (χ3v) is 21.8. The van der Waals surface area contributed by atoms with Crippen molar-refractivity contribution in [1.82, 2.24) is 90.0 Å². The zero-order chi connectivity index (χ0) is 85.9. The van der Waals surface area contributed by atoms with Gasteiger partial charge in [-0.1, -0.05) is 364 Å². The molecule has 0 fully saturated rings. The van der Waals surface area contributed by atoms with Crippen LogP contribution in [0.1, 0.15) is 444 Å². The summed E-state index contributed by atoms with van der Waals surface area (Å²) in [5.41, 5.74) is 7.53. The van der Waals surface area contributed by atoms with Crippen molar-refractivity contribution in [3.63, 3.8) is 0 Å². The van der Waals surface area contributed by atoms with Crippen LogP contribution in [0.5, 0.6) is 0 Å². The Bertz CT molecular complexity index is 2830. The fraction of sp³-hybridized carbons (Fsp3) is 0.878. The number of aryl methyl sites for hydroxylation is 12. The third kappa shape index (κ3) is 65.7. The van der Waals surface area contributed by atoms with Crippen molar-refractivity contribution < 1.29 is 0 Å². The molecular formula is C98H190N18. The van der Waals surface area contributed by atoms with Crippen LogP contribution < -0.4 is 0 Å². The molecule has 6 aromatic rings. The second-order valence-electron chi connectivity index (χ2n) is 39.6. The second kappa shape index (κ2) is 71.6. The highest BCUT2D eigenvalue weighted by atomic mass is 15.4. The van der Waals surface area contributed by atoms with Gasteiger partial charge in [0.25, 0.3) is 0 Å². The van der Waals surface area contributed by atoms with E-state index in [0.717, 1.165) is 160 Å². The molecule has 672 valence electrons. The summed E-state index contributed by atoms with van der Waals surface area (Å²) >= 11 is 0. The van der Waals surface area contributed by atoms with E-state index in [1.54, 1.807) is 0 Å². The number of unbranched alkanes of at least 4 members (excludes halogenated alkanes) is 20. The first-order chi connectivity index (χ1) is 55.5. The molecule has 0 atom stereocenters. The molecule has 6 aromatic heterocycles. The molecule has 6 rings (SSSR count). The SMILES string of the molecule is CC(C)CCCCCCCn1nncc1CCC(C)C.CC(C)CCCCCCCn1nncc1CCC(C)C.CC(C)CCCCCCc1cn(CCC(C)C)nn1.CC(C)CCCCCCc1cn(CCC(C)C)nn1.CC(C)CCCCCCn1nncc1CCC(C)C.CC(C)CCCCCCn1nncc1CCC(C)C. The topological polar surface area (TPSA) is 184 Å². The maximum Gasteiger partial charge on any atom is 0.0827 e. The lowest BCUT2D eigenvalue weighted by molar-refractivity contribution is 0.475. The van der Waals surface area contributed by atoms with Gasteiger partial charge in [-0.3, -0.25) is 9.36 Å². The van der Waals surface area contributed by atoms with Crippen LogP contribution in [0, 0.1) is 71.0 Å². The molecule has 18 heteroatoms. The lowest BCUT2D eigenvalue weighted by atomic mass is 10.0. The van der Waals surface area contributed by atoms with Gasteiger partial charge in [0, 0.05) is 51.7 Å². The van der Waals surface area contributed by atoms with Crippen molar-refractivity contribution >= 4 is 0 Å². The maximum absolute atomic E-state index is 4.25. The number of hydrogen-bond donors (Lipinski definition) is 0. The Morgan fingerprint density at radius 2 is 0.379 bits per heavy atom. The second-order valence-corrected chi connectivity index (χ2v) is 39.6. The Labute approximate surface area is 716 Å². The summed E-state index contributed by atoms with van der Waals surface area (Å²) in [5, 5.41) is 50.0. The van der Waals surface area contributed by atoms with Crippen LogP contribution in [0.15, 0.2) is 37.2 Å². The molecule has 6 heterocycles. The molecule has 116 heavy (non-hydrogen) atoms. The third-order valence-electron chi connectivity index (χ3n) is 21.8. The van der Waals surface area contributed by atoms with Gasteiger partial charge in [-0.2, -0.15) is 0 Å². The largest absolute Gasteiger partial charge is 0.252 e. The Morgan fingerprint density at radius 3 is 0.586 bits per heavy atom. The molecule has 0 aliphatic heterocycles.